The van der Waals surface area contributed by atoms with Crippen LogP contribution in [0.15, 0.2) is 72.8 Å². The van der Waals surface area contributed by atoms with Crippen molar-refractivity contribution in [3.63, 3.8) is 0 Å². The monoisotopic (exact) mass is 558 g/mol. The normalized spacial score (nSPS) is 13.1. The van der Waals surface area contributed by atoms with Crippen molar-refractivity contribution < 1.29 is 32.2 Å². The molecule has 0 aromatic heterocycles. The number of carbonyl (C=O) groups excluding carboxylic acids is 2. The van der Waals surface area contributed by atoms with Gasteiger partial charge in [0.1, 0.15) is 11.3 Å². The molecule has 1 amide bonds. The summed E-state index contributed by atoms with van der Waals surface area (Å²) in [5.41, 5.74) is -0.000751. The smallest absolute Gasteiger partial charge is 0.446 e. The standard InChI is InChI=1S/C29H26ClF3N2O4/c1-18(24(16-19-11-13-22(30)14-12-19)21-8-6-7-20(15-21)17-34)35-27(37)28(2,3)39-26(36)23-9-4-5-10-25(23)38-29(31,32)33/h4-15,18,24H,16H2,1-3H3,(H,35,37)/t18-,24+/m0/s1. The third kappa shape index (κ3) is 8.23. The number of hydrogen-bond acceptors (Lipinski definition) is 5. The van der Waals surface area contributed by atoms with Gasteiger partial charge in [-0.05, 0) is 74.7 Å². The Labute approximate surface area is 229 Å². The molecule has 0 saturated carbocycles. The van der Waals surface area contributed by atoms with Crippen LogP contribution in [0.2, 0.25) is 5.02 Å². The van der Waals surface area contributed by atoms with E-state index in [1.165, 1.54) is 26.0 Å². The van der Waals surface area contributed by atoms with Gasteiger partial charge in [0, 0.05) is 17.0 Å². The quantitative estimate of drug-likeness (QED) is 0.300. The van der Waals surface area contributed by atoms with Crippen molar-refractivity contribution in [1.29, 1.82) is 5.26 Å². The van der Waals surface area contributed by atoms with Crippen LogP contribution in [0.25, 0.3) is 0 Å². The number of nitrogens with zero attached hydrogens (tertiary/aromatic N) is 1. The van der Waals surface area contributed by atoms with Gasteiger partial charge in [-0.1, -0.05) is 48.0 Å². The lowest BCUT2D eigenvalue weighted by molar-refractivity contribution is -0.274. The highest BCUT2D eigenvalue weighted by atomic mass is 35.5. The zero-order valence-corrected chi connectivity index (χ0v) is 22.1. The zero-order valence-electron chi connectivity index (χ0n) is 21.4. The minimum Gasteiger partial charge on any atom is -0.446 e. The predicted octanol–water partition coefficient (Wildman–Crippen LogP) is 6.58. The van der Waals surface area contributed by atoms with Gasteiger partial charge in [0.25, 0.3) is 5.91 Å². The highest BCUT2D eigenvalue weighted by Gasteiger charge is 2.37. The highest BCUT2D eigenvalue weighted by Crippen LogP contribution is 2.29. The molecule has 0 unspecified atom stereocenters. The molecule has 204 valence electrons. The Morgan fingerprint density at radius 2 is 1.69 bits per heavy atom. The van der Waals surface area contributed by atoms with Crippen LogP contribution in [0.3, 0.4) is 0 Å². The second-order valence-electron chi connectivity index (χ2n) is 9.38. The van der Waals surface area contributed by atoms with Gasteiger partial charge in [0.05, 0.1) is 11.6 Å². The fourth-order valence-corrected chi connectivity index (χ4v) is 4.09. The van der Waals surface area contributed by atoms with Crippen molar-refractivity contribution in [1.82, 2.24) is 5.32 Å². The second-order valence-corrected chi connectivity index (χ2v) is 9.82. The van der Waals surface area contributed by atoms with Crippen molar-refractivity contribution >= 4 is 23.5 Å². The number of nitriles is 1. The topological polar surface area (TPSA) is 88.4 Å². The Kier molecular flexibility index (Phi) is 9.25. The lowest BCUT2D eigenvalue weighted by Crippen LogP contribution is -2.50. The molecule has 6 nitrogen and oxygen atoms in total. The van der Waals surface area contributed by atoms with Crippen molar-refractivity contribution in [2.75, 3.05) is 0 Å². The number of halogens is 4. The van der Waals surface area contributed by atoms with Crippen LogP contribution in [-0.4, -0.2) is 29.9 Å². The maximum absolute atomic E-state index is 13.2. The molecule has 3 aromatic rings. The third-order valence-corrected chi connectivity index (χ3v) is 6.25. The Balaban J connectivity index is 1.80. The van der Waals surface area contributed by atoms with Gasteiger partial charge in [0.2, 0.25) is 0 Å². The minimum atomic E-state index is -5.01. The molecule has 10 heteroatoms. The maximum atomic E-state index is 13.2. The molecule has 0 radical (unpaired) electrons. The van der Waals surface area contributed by atoms with Gasteiger partial charge >= 0.3 is 12.3 Å². The van der Waals surface area contributed by atoms with Crippen LogP contribution < -0.4 is 10.1 Å². The van der Waals surface area contributed by atoms with Gasteiger partial charge in [0.15, 0.2) is 5.60 Å². The van der Waals surface area contributed by atoms with Crippen LogP contribution in [0.5, 0.6) is 5.75 Å². The van der Waals surface area contributed by atoms with E-state index < -0.39 is 41.2 Å². The minimum absolute atomic E-state index is 0.282. The van der Waals surface area contributed by atoms with E-state index in [1.54, 1.807) is 37.3 Å². The highest BCUT2D eigenvalue weighted by molar-refractivity contribution is 6.30. The molecule has 0 bridgehead atoms. The van der Waals surface area contributed by atoms with E-state index in [9.17, 15) is 28.0 Å². The van der Waals surface area contributed by atoms with E-state index in [0.717, 1.165) is 23.3 Å². The van der Waals surface area contributed by atoms with E-state index in [4.69, 9.17) is 16.3 Å². The van der Waals surface area contributed by atoms with Crippen LogP contribution in [0.1, 0.15) is 53.7 Å². The number of amides is 1. The van der Waals surface area contributed by atoms with Gasteiger partial charge in [-0.2, -0.15) is 5.26 Å². The summed E-state index contributed by atoms with van der Waals surface area (Å²) in [5.74, 6) is -2.83. The van der Waals surface area contributed by atoms with Crippen LogP contribution in [0, 0.1) is 11.3 Å². The van der Waals surface area contributed by atoms with Crippen LogP contribution in [0.4, 0.5) is 13.2 Å². The first-order valence-corrected chi connectivity index (χ1v) is 12.3. The first-order valence-electron chi connectivity index (χ1n) is 11.9. The van der Waals surface area contributed by atoms with Crippen molar-refractivity contribution in [3.8, 4) is 11.8 Å². The van der Waals surface area contributed by atoms with Gasteiger partial charge in [-0.25, -0.2) is 4.79 Å². The summed E-state index contributed by atoms with van der Waals surface area (Å²) in [6.45, 7) is 4.46. The van der Waals surface area contributed by atoms with E-state index in [1.807, 2.05) is 18.2 Å². The molecule has 3 rings (SSSR count). The second kappa shape index (κ2) is 12.2. The molecule has 0 heterocycles. The first kappa shape index (κ1) is 29.5. The molecule has 0 saturated heterocycles. The first-order chi connectivity index (χ1) is 18.3. The van der Waals surface area contributed by atoms with Crippen molar-refractivity contribution in [2.45, 2.75) is 51.1 Å². The van der Waals surface area contributed by atoms with Gasteiger partial charge < -0.3 is 14.8 Å². The average Bonchev–Trinajstić information content (AvgIpc) is 2.87. The molecule has 0 aliphatic heterocycles. The summed E-state index contributed by atoms with van der Waals surface area (Å²) in [4.78, 5) is 26.0. The summed E-state index contributed by atoms with van der Waals surface area (Å²) in [6, 6.07) is 20.6. The van der Waals surface area contributed by atoms with E-state index in [-0.39, 0.29) is 5.92 Å². The fourth-order valence-electron chi connectivity index (χ4n) is 3.96. The Morgan fingerprint density at radius 3 is 2.33 bits per heavy atom. The number of ether oxygens (including phenoxy) is 2. The maximum Gasteiger partial charge on any atom is 0.573 e. The summed E-state index contributed by atoms with van der Waals surface area (Å²) in [6.07, 6.45) is -4.52. The number of hydrogen-bond donors (Lipinski definition) is 1. The molecule has 0 fully saturated rings. The molecule has 2 atom stereocenters. The van der Waals surface area contributed by atoms with Crippen LogP contribution in [-0.2, 0) is 16.0 Å². The molecule has 0 spiro atoms. The average molecular weight is 559 g/mol. The zero-order chi connectivity index (χ0) is 28.8. The van der Waals surface area contributed by atoms with Crippen molar-refractivity contribution in [2.24, 2.45) is 0 Å². The van der Waals surface area contributed by atoms with Crippen LogP contribution >= 0.6 is 11.6 Å². The number of benzene rings is 3. The summed E-state index contributed by atoms with van der Waals surface area (Å²) < 4.78 is 47.6. The number of carbonyl (C=O) groups is 2. The summed E-state index contributed by atoms with van der Waals surface area (Å²) in [7, 11) is 0. The molecular weight excluding hydrogens is 533 g/mol. The van der Waals surface area contributed by atoms with Crippen molar-refractivity contribution in [3.05, 3.63) is 100 Å². The fraction of sp³-hybridized carbons (Fsp3) is 0.276. The Morgan fingerprint density at radius 1 is 1.03 bits per heavy atom. The Bertz CT molecular complexity index is 1370. The molecular formula is C29H26ClF3N2O4. The van der Waals surface area contributed by atoms with E-state index in [2.05, 4.69) is 16.1 Å². The number of alkyl halides is 3. The number of para-hydroxylation sites is 1. The lowest BCUT2D eigenvalue weighted by atomic mass is 9.85. The predicted molar refractivity (Wildman–Crippen MR) is 139 cm³/mol. The van der Waals surface area contributed by atoms with Gasteiger partial charge in [-0.15, -0.1) is 13.2 Å². The molecule has 0 aliphatic carbocycles. The summed E-state index contributed by atoms with van der Waals surface area (Å²) >= 11 is 6.02. The number of nitrogens with one attached hydrogen (secondary N) is 1. The number of rotatable bonds is 9. The summed E-state index contributed by atoms with van der Waals surface area (Å²) in [5, 5.41) is 12.8. The number of esters is 1. The molecule has 1 N–H and O–H groups in total. The molecule has 3 aromatic carbocycles. The Hall–Kier alpha value is -4.03. The lowest BCUT2D eigenvalue weighted by Gasteiger charge is -2.30. The van der Waals surface area contributed by atoms with Gasteiger partial charge in [-0.3, -0.25) is 4.79 Å². The third-order valence-electron chi connectivity index (χ3n) is 6.00. The largest absolute Gasteiger partial charge is 0.573 e. The molecule has 0 aliphatic rings. The van der Waals surface area contributed by atoms with E-state index in [0.29, 0.717) is 17.0 Å². The van der Waals surface area contributed by atoms with E-state index >= 15 is 0 Å². The molecule has 39 heavy (non-hydrogen) atoms. The SMILES string of the molecule is C[C@H](NC(=O)C(C)(C)OC(=O)c1ccccc1OC(F)(F)F)[C@@H](Cc1ccc(Cl)cc1)c1cccc(C#N)c1.